The zero-order chi connectivity index (χ0) is 14.5. The Morgan fingerprint density at radius 1 is 1.05 bits per heavy atom. The summed E-state index contributed by atoms with van der Waals surface area (Å²) in [6.45, 7) is 5.49. The number of benzene rings is 1. The Morgan fingerprint density at radius 2 is 1.71 bits per heavy atom. The molecular weight excluding hydrogens is 258 g/mol. The standard InChI is InChI=1S/C18H23N3/c1-15(17-8-10-19-11-9-17)20-14-16-4-6-18(7-5-16)21-12-2-3-13-21/h4-11,15,20H,2-3,12-14H2,1H3. The first-order valence-electron chi connectivity index (χ1n) is 7.80. The van der Waals surface area contributed by atoms with Gasteiger partial charge in [0.25, 0.3) is 0 Å². The van der Waals surface area contributed by atoms with E-state index < -0.39 is 0 Å². The fraction of sp³-hybridized carbons (Fsp3) is 0.389. The molecule has 1 fully saturated rings. The molecule has 1 aliphatic heterocycles. The molecule has 0 aliphatic carbocycles. The fourth-order valence-corrected chi connectivity index (χ4v) is 2.84. The quantitative estimate of drug-likeness (QED) is 0.908. The molecule has 1 unspecified atom stereocenters. The average molecular weight is 281 g/mol. The molecule has 0 bridgehead atoms. The number of nitrogens with one attached hydrogen (secondary N) is 1. The van der Waals surface area contributed by atoms with Crippen LogP contribution in [0.15, 0.2) is 48.8 Å². The molecule has 1 aliphatic rings. The van der Waals surface area contributed by atoms with Crippen LogP contribution in [0.25, 0.3) is 0 Å². The van der Waals surface area contributed by atoms with E-state index in [-0.39, 0.29) is 0 Å². The number of anilines is 1. The molecule has 3 rings (SSSR count). The molecule has 1 saturated heterocycles. The first-order chi connectivity index (χ1) is 10.3. The van der Waals surface area contributed by atoms with Gasteiger partial charge in [-0.1, -0.05) is 12.1 Å². The van der Waals surface area contributed by atoms with Crippen molar-refractivity contribution < 1.29 is 0 Å². The van der Waals surface area contributed by atoms with Gasteiger partial charge in [0, 0.05) is 43.8 Å². The highest BCUT2D eigenvalue weighted by atomic mass is 15.1. The largest absolute Gasteiger partial charge is 0.372 e. The summed E-state index contributed by atoms with van der Waals surface area (Å²) >= 11 is 0. The third-order valence-electron chi connectivity index (χ3n) is 4.23. The first-order valence-corrected chi connectivity index (χ1v) is 7.80. The van der Waals surface area contributed by atoms with E-state index in [2.05, 4.69) is 58.5 Å². The third kappa shape index (κ3) is 3.61. The van der Waals surface area contributed by atoms with Gasteiger partial charge in [0.05, 0.1) is 0 Å². The van der Waals surface area contributed by atoms with Crippen LogP contribution in [-0.2, 0) is 6.54 Å². The van der Waals surface area contributed by atoms with E-state index >= 15 is 0 Å². The SMILES string of the molecule is CC(NCc1ccc(N2CCCC2)cc1)c1ccncc1. The summed E-state index contributed by atoms with van der Waals surface area (Å²) in [6, 6.07) is 13.4. The summed E-state index contributed by atoms with van der Waals surface area (Å²) in [4.78, 5) is 6.53. The molecule has 2 aromatic rings. The van der Waals surface area contributed by atoms with Crippen molar-refractivity contribution in [2.75, 3.05) is 18.0 Å². The molecule has 110 valence electrons. The minimum Gasteiger partial charge on any atom is -0.372 e. The molecule has 3 heteroatoms. The van der Waals surface area contributed by atoms with E-state index in [9.17, 15) is 0 Å². The lowest BCUT2D eigenvalue weighted by molar-refractivity contribution is 0.574. The Labute approximate surface area is 127 Å². The van der Waals surface area contributed by atoms with Crippen molar-refractivity contribution in [2.24, 2.45) is 0 Å². The summed E-state index contributed by atoms with van der Waals surface area (Å²) in [5.74, 6) is 0. The molecule has 1 N–H and O–H groups in total. The van der Waals surface area contributed by atoms with Crippen molar-refractivity contribution in [1.82, 2.24) is 10.3 Å². The lowest BCUT2D eigenvalue weighted by Crippen LogP contribution is -2.19. The topological polar surface area (TPSA) is 28.2 Å². The number of nitrogens with zero attached hydrogens (tertiary/aromatic N) is 2. The van der Waals surface area contributed by atoms with E-state index in [4.69, 9.17) is 0 Å². The number of pyridine rings is 1. The molecule has 2 heterocycles. The van der Waals surface area contributed by atoms with Crippen LogP contribution in [0.2, 0.25) is 0 Å². The van der Waals surface area contributed by atoms with Gasteiger partial charge < -0.3 is 10.2 Å². The molecular formula is C18H23N3. The second kappa shape index (κ2) is 6.72. The highest BCUT2D eigenvalue weighted by Gasteiger charge is 2.11. The number of rotatable bonds is 5. The summed E-state index contributed by atoms with van der Waals surface area (Å²) in [5.41, 5.74) is 3.97. The Balaban J connectivity index is 1.55. The Hall–Kier alpha value is -1.87. The molecule has 1 aromatic heterocycles. The second-order valence-electron chi connectivity index (χ2n) is 5.74. The molecule has 1 aromatic carbocycles. The van der Waals surface area contributed by atoms with Crippen LogP contribution in [0.1, 0.15) is 36.9 Å². The van der Waals surface area contributed by atoms with Gasteiger partial charge >= 0.3 is 0 Å². The van der Waals surface area contributed by atoms with Gasteiger partial charge in [-0.05, 0) is 55.2 Å². The van der Waals surface area contributed by atoms with E-state index in [1.807, 2.05) is 12.4 Å². The zero-order valence-electron chi connectivity index (χ0n) is 12.6. The molecule has 0 spiro atoms. The normalized spacial score (nSPS) is 16.1. The maximum Gasteiger partial charge on any atom is 0.0366 e. The van der Waals surface area contributed by atoms with Crippen LogP contribution in [0.5, 0.6) is 0 Å². The van der Waals surface area contributed by atoms with Gasteiger partial charge in [-0.15, -0.1) is 0 Å². The average Bonchev–Trinajstić information content (AvgIpc) is 3.08. The lowest BCUT2D eigenvalue weighted by atomic mass is 10.1. The maximum absolute atomic E-state index is 4.06. The van der Waals surface area contributed by atoms with E-state index in [1.165, 1.54) is 42.7 Å². The van der Waals surface area contributed by atoms with Crippen LogP contribution in [0.4, 0.5) is 5.69 Å². The van der Waals surface area contributed by atoms with Crippen molar-refractivity contribution in [3.05, 3.63) is 59.9 Å². The highest BCUT2D eigenvalue weighted by Crippen LogP contribution is 2.20. The lowest BCUT2D eigenvalue weighted by Gasteiger charge is -2.18. The number of hydrogen-bond donors (Lipinski definition) is 1. The van der Waals surface area contributed by atoms with Crippen LogP contribution < -0.4 is 10.2 Å². The maximum atomic E-state index is 4.06. The van der Waals surface area contributed by atoms with Crippen molar-refractivity contribution in [3.63, 3.8) is 0 Å². The fourth-order valence-electron chi connectivity index (χ4n) is 2.84. The Morgan fingerprint density at radius 3 is 2.38 bits per heavy atom. The second-order valence-corrected chi connectivity index (χ2v) is 5.74. The molecule has 1 atom stereocenters. The number of hydrogen-bond acceptors (Lipinski definition) is 3. The van der Waals surface area contributed by atoms with Crippen molar-refractivity contribution in [1.29, 1.82) is 0 Å². The minimum absolute atomic E-state index is 0.339. The van der Waals surface area contributed by atoms with Crippen LogP contribution in [-0.4, -0.2) is 18.1 Å². The van der Waals surface area contributed by atoms with Gasteiger partial charge in [-0.25, -0.2) is 0 Å². The first kappa shape index (κ1) is 14.1. The molecule has 21 heavy (non-hydrogen) atoms. The van der Waals surface area contributed by atoms with Gasteiger partial charge in [0.15, 0.2) is 0 Å². The van der Waals surface area contributed by atoms with Gasteiger partial charge in [0.2, 0.25) is 0 Å². The molecule has 0 saturated carbocycles. The Bertz CT molecular complexity index is 544. The van der Waals surface area contributed by atoms with E-state index in [0.29, 0.717) is 6.04 Å². The van der Waals surface area contributed by atoms with Crippen molar-refractivity contribution in [3.8, 4) is 0 Å². The highest BCUT2D eigenvalue weighted by molar-refractivity contribution is 5.48. The Kier molecular flexibility index (Phi) is 4.51. The smallest absolute Gasteiger partial charge is 0.0366 e. The third-order valence-corrected chi connectivity index (χ3v) is 4.23. The minimum atomic E-state index is 0.339. The van der Waals surface area contributed by atoms with Gasteiger partial charge in [-0.2, -0.15) is 0 Å². The van der Waals surface area contributed by atoms with Crippen LogP contribution in [0.3, 0.4) is 0 Å². The summed E-state index contributed by atoms with van der Waals surface area (Å²) < 4.78 is 0. The summed E-state index contributed by atoms with van der Waals surface area (Å²) in [5, 5.41) is 3.56. The summed E-state index contributed by atoms with van der Waals surface area (Å²) in [7, 11) is 0. The predicted octanol–water partition coefficient (Wildman–Crippen LogP) is 3.53. The van der Waals surface area contributed by atoms with Gasteiger partial charge in [-0.3, -0.25) is 4.98 Å². The van der Waals surface area contributed by atoms with Crippen LogP contribution in [0, 0.1) is 0 Å². The van der Waals surface area contributed by atoms with Crippen LogP contribution >= 0.6 is 0 Å². The van der Waals surface area contributed by atoms with E-state index in [0.717, 1.165) is 6.54 Å². The summed E-state index contributed by atoms with van der Waals surface area (Å²) in [6.07, 6.45) is 6.34. The predicted molar refractivity (Wildman–Crippen MR) is 87.4 cm³/mol. The van der Waals surface area contributed by atoms with E-state index in [1.54, 1.807) is 0 Å². The van der Waals surface area contributed by atoms with Crippen molar-refractivity contribution >= 4 is 5.69 Å². The molecule has 0 radical (unpaired) electrons. The zero-order valence-corrected chi connectivity index (χ0v) is 12.6. The monoisotopic (exact) mass is 281 g/mol. The van der Waals surface area contributed by atoms with Gasteiger partial charge in [0.1, 0.15) is 0 Å². The van der Waals surface area contributed by atoms with Crippen molar-refractivity contribution in [2.45, 2.75) is 32.4 Å². The number of aromatic nitrogens is 1. The molecule has 0 amide bonds. The molecule has 3 nitrogen and oxygen atoms in total.